The van der Waals surface area contributed by atoms with E-state index in [9.17, 15) is 4.79 Å². The van der Waals surface area contributed by atoms with Crippen LogP contribution in [0.15, 0.2) is 53.4 Å². The smallest absolute Gasteiger partial charge is 0.270 e. The first-order valence-electron chi connectivity index (χ1n) is 8.43. The molecule has 27 heavy (non-hydrogen) atoms. The average molecular weight is 363 g/mol. The Kier molecular flexibility index (Phi) is 4.25. The Labute approximate surface area is 154 Å². The summed E-state index contributed by atoms with van der Waals surface area (Å²) in [6.45, 7) is 1.99. The van der Waals surface area contributed by atoms with E-state index >= 15 is 0 Å². The van der Waals surface area contributed by atoms with Crippen LogP contribution < -0.4 is 11.1 Å². The maximum Gasteiger partial charge on any atom is 0.270 e. The number of pyridine rings is 1. The van der Waals surface area contributed by atoms with Gasteiger partial charge in [-0.3, -0.25) is 9.78 Å². The molecule has 9 heteroatoms. The number of fused-ring (bicyclic) bond motifs is 1. The van der Waals surface area contributed by atoms with Gasteiger partial charge in [0.05, 0.1) is 12.3 Å². The fourth-order valence-corrected chi connectivity index (χ4v) is 2.79. The maximum absolute atomic E-state index is 12.7. The highest BCUT2D eigenvalue weighted by Gasteiger charge is 2.18. The number of nitrogens with zero attached hydrogens (tertiary/aromatic N) is 5. The number of carbonyl (C=O) groups is 1. The summed E-state index contributed by atoms with van der Waals surface area (Å²) >= 11 is 0. The van der Waals surface area contributed by atoms with Crippen molar-refractivity contribution >= 4 is 17.5 Å². The van der Waals surface area contributed by atoms with Crippen LogP contribution in [0.2, 0.25) is 0 Å². The van der Waals surface area contributed by atoms with Crippen molar-refractivity contribution in [2.45, 2.75) is 19.4 Å². The number of hydrogen-bond acceptors (Lipinski definition) is 7. The lowest BCUT2D eigenvalue weighted by atomic mass is 10.1. The first-order chi connectivity index (χ1) is 13.2. The lowest BCUT2D eigenvalue weighted by molar-refractivity contribution is 0.0930. The van der Waals surface area contributed by atoms with Crippen LogP contribution in [0.3, 0.4) is 0 Å². The summed E-state index contributed by atoms with van der Waals surface area (Å²) in [5.74, 6) is 0.609. The Balaban J connectivity index is 1.64. The second-order valence-electron chi connectivity index (χ2n) is 5.90. The second-order valence-corrected chi connectivity index (χ2v) is 5.90. The van der Waals surface area contributed by atoms with Gasteiger partial charge < -0.3 is 15.5 Å². The van der Waals surface area contributed by atoms with E-state index < -0.39 is 0 Å². The van der Waals surface area contributed by atoms with E-state index in [2.05, 4.69) is 25.4 Å². The van der Waals surface area contributed by atoms with Gasteiger partial charge in [0.25, 0.3) is 5.91 Å². The zero-order chi connectivity index (χ0) is 18.8. The summed E-state index contributed by atoms with van der Waals surface area (Å²) in [5, 5.41) is 7.23. The molecule has 0 saturated heterocycles. The Hall–Kier alpha value is -3.75. The number of nitrogen functional groups attached to an aromatic ring is 1. The third kappa shape index (κ3) is 3.22. The molecule has 136 valence electrons. The van der Waals surface area contributed by atoms with Gasteiger partial charge in [-0.1, -0.05) is 6.92 Å². The van der Waals surface area contributed by atoms with Gasteiger partial charge in [-0.15, -0.1) is 5.10 Å². The van der Waals surface area contributed by atoms with E-state index in [-0.39, 0.29) is 23.6 Å². The average Bonchev–Trinajstić information content (AvgIpc) is 3.36. The molecule has 4 aromatic rings. The van der Waals surface area contributed by atoms with Crippen LogP contribution in [0.25, 0.3) is 17.2 Å². The topological polar surface area (TPSA) is 124 Å². The van der Waals surface area contributed by atoms with Crippen LogP contribution in [-0.2, 0) is 0 Å². The van der Waals surface area contributed by atoms with Crippen LogP contribution in [0.4, 0.5) is 5.95 Å². The number of nitrogens with one attached hydrogen (secondary N) is 1. The highest BCUT2D eigenvalue weighted by molar-refractivity contribution is 5.93. The van der Waals surface area contributed by atoms with Crippen LogP contribution in [-0.4, -0.2) is 30.5 Å². The van der Waals surface area contributed by atoms with Gasteiger partial charge in [-0.2, -0.15) is 4.52 Å². The number of rotatable bonds is 5. The molecule has 0 bridgehead atoms. The molecule has 0 radical (unpaired) electrons. The van der Waals surface area contributed by atoms with Crippen LogP contribution in [0.5, 0.6) is 0 Å². The van der Waals surface area contributed by atoms with E-state index in [1.54, 1.807) is 30.6 Å². The normalized spacial score (nSPS) is 12.2. The molecule has 3 N–H and O–H groups in total. The van der Waals surface area contributed by atoms with Crippen molar-refractivity contribution in [1.82, 2.24) is 29.9 Å². The standard InChI is InChI=1S/C18H17N7O2/c1-2-12(11-5-7-20-8-6-11)21-17(26)13-10-15-23-16(14-4-3-9-27-14)24-25(15)18(19)22-13/h3-10,12H,2H2,1H3,(H2,19,22)(H,21,26). The zero-order valence-corrected chi connectivity index (χ0v) is 14.5. The number of anilines is 1. The monoisotopic (exact) mass is 363 g/mol. The Morgan fingerprint density at radius 3 is 2.81 bits per heavy atom. The minimum atomic E-state index is -0.338. The number of nitrogens with two attached hydrogens (primary N) is 1. The highest BCUT2D eigenvalue weighted by atomic mass is 16.3. The largest absolute Gasteiger partial charge is 0.461 e. The van der Waals surface area contributed by atoms with Crippen LogP contribution in [0.1, 0.15) is 35.4 Å². The number of amides is 1. The molecule has 9 nitrogen and oxygen atoms in total. The molecule has 0 fully saturated rings. The lowest BCUT2D eigenvalue weighted by Gasteiger charge is -2.17. The molecule has 0 aliphatic rings. The van der Waals surface area contributed by atoms with Crippen LogP contribution in [0, 0.1) is 0 Å². The summed E-state index contributed by atoms with van der Waals surface area (Å²) in [7, 11) is 0. The van der Waals surface area contributed by atoms with Gasteiger partial charge in [-0.05, 0) is 36.2 Å². The third-order valence-electron chi connectivity index (χ3n) is 4.15. The predicted molar refractivity (Wildman–Crippen MR) is 97.6 cm³/mol. The van der Waals surface area contributed by atoms with Gasteiger partial charge in [0.15, 0.2) is 11.4 Å². The van der Waals surface area contributed by atoms with Gasteiger partial charge in [0, 0.05) is 18.5 Å². The second kappa shape index (κ2) is 6.87. The first-order valence-corrected chi connectivity index (χ1v) is 8.43. The molecule has 4 heterocycles. The molecule has 0 saturated carbocycles. The Morgan fingerprint density at radius 2 is 2.11 bits per heavy atom. The number of furan rings is 1. The van der Waals surface area contributed by atoms with E-state index in [0.717, 1.165) is 12.0 Å². The van der Waals surface area contributed by atoms with Crippen molar-refractivity contribution in [2.75, 3.05) is 5.73 Å². The van der Waals surface area contributed by atoms with Crippen molar-refractivity contribution in [2.24, 2.45) is 0 Å². The van der Waals surface area contributed by atoms with Crippen molar-refractivity contribution in [3.8, 4) is 11.6 Å². The molecule has 4 rings (SSSR count). The van der Waals surface area contributed by atoms with E-state index in [1.807, 2.05) is 19.1 Å². The first kappa shape index (κ1) is 16.7. The SMILES string of the molecule is CCC(NC(=O)c1cc2nc(-c3ccco3)nn2c(N)n1)c1ccncc1. The summed E-state index contributed by atoms with van der Waals surface area (Å²) in [4.78, 5) is 25.2. The number of carbonyl (C=O) groups excluding carboxylic acids is 1. The van der Waals surface area contributed by atoms with E-state index in [0.29, 0.717) is 17.2 Å². The van der Waals surface area contributed by atoms with Crippen molar-refractivity contribution in [3.63, 3.8) is 0 Å². The van der Waals surface area contributed by atoms with Gasteiger partial charge in [0.1, 0.15) is 5.69 Å². The fraction of sp³-hybridized carbons (Fsp3) is 0.167. The molecule has 1 amide bonds. The van der Waals surface area contributed by atoms with Crippen LogP contribution >= 0.6 is 0 Å². The summed E-state index contributed by atoms with van der Waals surface area (Å²) in [6, 6.07) is 8.61. The highest BCUT2D eigenvalue weighted by Crippen LogP contribution is 2.19. The van der Waals surface area contributed by atoms with Crippen molar-refractivity contribution in [3.05, 3.63) is 60.2 Å². The minimum absolute atomic E-state index is 0.0694. The summed E-state index contributed by atoms with van der Waals surface area (Å²) in [6.07, 6.45) is 5.64. The third-order valence-corrected chi connectivity index (χ3v) is 4.15. The molecular weight excluding hydrogens is 346 g/mol. The molecule has 0 aromatic carbocycles. The zero-order valence-electron chi connectivity index (χ0n) is 14.5. The minimum Gasteiger partial charge on any atom is -0.461 e. The lowest BCUT2D eigenvalue weighted by Crippen LogP contribution is -2.29. The summed E-state index contributed by atoms with van der Waals surface area (Å²) < 4.78 is 6.67. The van der Waals surface area contributed by atoms with Gasteiger partial charge >= 0.3 is 0 Å². The van der Waals surface area contributed by atoms with Gasteiger partial charge in [-0.25, -0.2) is 9.97 Å². The molecule has 4 aromatic heterocycles. The summed E-state index contributed by atoms with van der Waals surface area (Å²) in [5.41, 5.74) is 7.52. The Bertz CT molecular complexity index is 1070. The fourth-order valence-electron chi connectivity index (χ4n) is 2.79. The Morgan fingerprint density at radius 1 is 1.30 bits per heavy atom. The maximum atomic E-state index is 12.7. The molecule has 1 atom stereocenters. The van der Waals surface area contributed by atoms with Crippen molar-refractivity contribution < 1.29 is 9.21 Å². The molecule has 0 aliphatic heterocycles. The van der Waals surface area contributed by atoms with Crippen molar-refractivity contribution in [1.29, 1.82) is 0 Å². The predicted octanol–water partition coefficient (Wildman–Crippen LogP) is 2.24. The molecule has 0 spiro atoms. The van der Waals surface area contributed by atoms with Gasteiger partial charge in [0.2, 0.25) is 11.8 Å². The quantitative estimate of drug-likeness (QED) is 0.557. The molecule has 1 unspecified atom stereocenters. The molecule has 0 aliphatic carbocycles. The molecular formula is C18H17N7O2. The number of aromatic nitrogens is 5. The number of hydrogen-bond donors (Lipinski definition) is 2. The van der Waals surface area contributed by atoms with E-state index in [4.69, 9.17) is 10.2 Å². The van der Waals surface area contributed by atoms with E-state index in [1.165, 1.54) is 10.8 Å².